The molecule has 2 aromatic rings. The summed E-state index contributed by atoms with van der Waals surface area (Å²) in [5.74, 6) is 1.20. The third-order valence-corrected chi connectivity index (χ3v) is 6.91. The topological polar surface area (TPSA) is 65.8 Å². The highest BCUT2D eigenvalue weighted by Gasteiger charge is 2.30. The van der Waals surface area contributed by atoms with Gasteiger partial charge < -0.3 is 5.32 Å². The van der Waals surface area contributed by atoms with Crippen molar-refractivity contribution in [2.75, 3.05) is 11.1 Å². The molecule has 0 saturated heterocycles. The molecule has 1 aromatic heterocycles. The Kier molecular flexibility index (Phi) is 6.88. The summed E-state index contributed by atoms with van der Waals surface area (Å²) < 4.78 is 0. The number of hydrogen-bond donors (Lipinski definition) is 1. The van der Waals surface area contributed by atoms with Crippen molar-refractivity contribution >= 4 is 23.4 Å². The van der Waals surface area contributed by atoms with Crippen LogP contribution in [0.2, 0.25) is 0 Å². The number of fused-ring (bicyclic) bond motifs is 1. The summed E-state index contributed by atoms with van der Waals surface area (Å²) in [4.78, 5) is 17.2. The monoisotopic (exact) mass is 421 g/mol. The Labute approximate surface area is 184 Å². The first-order valence-electron chi connectivity index (χ1n) is 10.6. The average molecular weight is 422 g/mol. The zero-order valence-electron chi connectivity index (χ0n) is 18.6. The zero-order chi connectivity index (χ0) is 21.9. The summed E-state index contributed by atoms with van der Waals surface area (Å²) in [6.45, 7) is 10.9. The zero-order valence-corrected chi connectivity index (χ0v) is 19.4. The molecule has 1 N–H and O–H groups in total. The van der Waals surface area contributed by atoms with Crippen molar-refractivity contribution in [3.8, 4) is 6.07 Å². The van der Waals surface area contributed by atoms with Gasteiger partial charge in [0.05, 0.1) is 5.56 Å². The summed E-state index contributed by atoms with van der Waals surface area (Å²) in [7, 11) is 0. The predicted octanol–water partition coefficient (Wildman–Crippen LogP) is 5.84. The molecule has 1 atom stereocenters. The van der Waals surface area contributed by atoms with Gasteiger partial charge >= 0.3 is 0 Å². The quantitative estimate of drug-likeness (QED) is 0.616. The number of rotatable bonds is 5. The van der Waals surface area contributed by atoms with E-state index in [0.29, 0.717) is 23.7 Å². The minimum Gasteiger partial charge on any atom is -0.326 e. The Bertz CT molecular complexity index is 985. The number of nitriles is 1. The molecule has 30 heavy (non-hydrogen) atoms. The highest BCUT2D eigenvalue weighted by atomic mass is 32.2. The van der Waals surface area contributed by atoms with E-state index in [9.17, 15) is 10.1 Å². The summed E-state index contributed by atoms with van der Waals surface area (Å²) >= 11 is 1.50. The van der Waals surface area contributed by atoms with E-state index in [4.69, 9.17) is 4.98 Å². The molecule has 3 rings (SSSR count). The molecule has 1 aliphatic carbocycles. The number of thioether (sulfide) groups is 1. The number of aromatic nitrogens is 1. The average Bonchev–Trinajstić information content (AvgIpc) is 2.68. The molecule has 1 aromatic carbocycles. The number of hydrogen-bond acceptors (Lipinski definition) is 4. The molecule has 0 fully saturated rings. The van der Waals surface area contributed by atoms with Crippen molar-refractivity contribution in [1.82, 2.24) is 4.98 Å². The Morgan fingerprint density at radius 2 is 2.07 bits per heavy atom. The van der Waals surface area contributed by atoms with Crippen molar-refractivity contribution in [3.63, 3.8) is 0 Å². The second-order valence-electron chi connectivity index (χ2n) is 9.33. The van der Waals surface area contributed by atoms with E-state index in [1.54, 1.807) is 0 Å². The lowest BCUT2D eigenvalue weighted by atomic mass is 9.71. The van der Waals surface area contributed by atoms with E-state index in [1.807, 2.05) is 32.0 Å². The number of anilines is 1. The van der Waals surface area contributed by atoms with Crippen LogP contribution in [0, 0.1) is 36.5 Å². The fraction of sp³-hybridized carbons (Fsp3) is 0.480. The molecular weight excluding hydrogens is 390 g/mol. The highest BCUT2D eigenvalue weighted by Crippen LogP contribution is 2.38. The van der Waals surface area contributed by atoms with E-state index in [-0.39, 0.29) is 11.3 Å². The molecule has 5 heteroatoms. The van der Waals surface area contributed by atoms with Gasteiger partial charge in [-0.3, -0.25) is 4.79 Å². The van der Waals surface area contributed by atoms with Gasteiger partial charge in [-0.1, -0.05) is 38.5 Å². The lowest BCUT2D eigenvalue weighted by Gasteiger charge is -2.34. The molecular formula is C25H31N3OS. The molecule has 0 saturated carbocycles. The van der Waals surface area contributed by atoms with Gasteiger partial charge in [-0.2, -0.15) is 5.26 Å². The maximum absolute atomic E-state index is 12.3. The first kappa shape index (κ1) is 22.4. The lowest BCUT2D eigenvalue weighted by molar-refractivity contribution is -0.115. The smallest absolute Gasteiger partial charge is 0.225 e. The van der Waals surface area contributed by atoms with Gasteiger partial charge in [0.2, 0.25) is 5.91 Å². The lowest BCUT2D eigenvalue weighted by Crippen LogP contribution is -2.27. The van der Waals surface area contributed by atoms with Gasteiger partial charge in [0, 0.05) is 23.6 Å². The summed E-state index contributed by atoms with van der Waals surface area (Å²) in [5, 5.41) is 13.4. The summed E-state index contributed by atoms with van der Waals surface area (Å²) in [6, 6.07) is 10.3. The molecule has 1 heterocycles. The van der Waals surface area contributed by atoms with Crippen LogP contribution in [-0.2, 0) is 17.6 Å². The summed E-state index contributed by atoms with van der Waals surface area (Å²) in [6.07, 6.45) is 3.47. The minimum absolute atomic E-state index is 0.0149. The van der Waals surface area contributed by atoms with E-state index < -0.39 is 0 Å². The van der Waals surface area contributed by atoms with Crippen molar-refractivity contribution in [2.24, 2.45) is 11.3 Å². The van der Waals surface area contributed by atoms with Crippen LogP contribution in [0.25, 0.3) is 0 Å². The van der Waals surface area contributed by atoms with E-state index in [0.717, 1.165) is 41.2 Å². The minimum atomic E-state index is -0.0149. The second kappa shape index (κ2) is 9.22. The van der Waals surface area contributed by atoms with Crippen LogP contribution in [0.5, 0.6) is 0 Å². The third-order valence-electron chi connectivity index (χ3n) is 5.92. The first-order chi connectivity index (χ1) is 14.2. The number of pyridine rings is 1. The Balaban J connectivity index is 1.62. The van der Waals surface area contributed by atoms with Crippen molar-refractivity contribution in [3.05, 3.63) is 52.2 Å². The number of carbonyl (C=O) groups excluding carboxylic acids is 1. The SMILES string of the molecule is Cc1ccc(NC(=O)CCSc2nc3c(cc2C#N)CC(C(C)(C)C)CC3)c(C)c1. The number of amides is 1. The molecule has 4 nitrogen and oxygen atoms in total. The molecule has 0 bridgehead atoms. The third kappa shape index (κ3) is 5.43. The van der Waals surface area contributed by atoms with Gasteiger partial charge in [-0.05, 0) is 67.7 Å². The first-order valence-corrected chi connectivity index (χ1v) is 11.6. The van der Waals surface area contributed by atoms with Crippen LogP contribution >= 0.6 is 11.8 Å². The van der Waals surface area contributed by atoms with Crippen LogP contribution < -0.4 is 5.32 Å². The molecule has 0 radical (unpaired) electrons. The second-order valence-corrected chi connectivity index (χ2v) is 10.4. The van der Waals surface area contributed by atoms with Gasteiger partial charge in [-0.15, -0.1) is 11.8 Å². The van der Waals surface area contributed by atoms with Crippen molar-refractivity contribution in [1.29, 1.82) is 5.26 Å². The standard InChI is InChI=1S/C25H31N3OS/c1-16-6-8-21(17(2)12-16)27-23(29)10-11-30-24-19(15-26)13-18-14-20(25(3,4)5)7-9-22(18)28-24/h6,8,12-13,20H,7,9-11,14H2,1-5H3,(H,27,29). The molecule has 158 valence electrons. The maximum Gasteiger partial charge on any atom is 0.225 e. The molecule has 1 aliphatic rings. The van der Waals surface area contributed by atoms with Crippen molar-refractivity contribution in [2.45, 2.75) is 65.3 Å². The fourth-order valence-corrected chi connectivity index (χ4v) is 4.90. The van der Waals surface area contributed by atoms with E-state index in [1.165, 1.54) is 22.9 Å². The van der Waals surface area contributed by atoms with E-state index in [2.05, 4.69) is 38.2 Å². The normalized spacial score (nSPS) is 15.9. The van der Waals surface area contributed by atoms with Gasteiger partial charge in [0.1, 0.15) is 11.1 Å². The number of benzene rings is 1. The maximum atomic E-state index is 12.3. The Hall–Kier alpha value is -2.32. The van der Waals surface area contributed by atoms with Gasteiger partial charge in [0.15, 0.2) is 0 Å². The fourth-order valence-electron chi connectivity index (χ4n) is 3.98. The van der Waals surface area contributed by atoms with Crippen LogP contribution in [-0.4, -0.2) is 16.6 Å². The van der Waals surface area contributed by atoms with Crippen LogP contribution in [0.3, 0.4) is 0 Å². The number of carbonyl (C=O) groups is 1. The van der Waals surface area contributed by atoms with Crippen LogP contribution in [0.1, 0.15) is 61.6 Å². The largest absolute Gasteiger partial charge is 0.326 e. The molecule has 0 aliphatic heterocycles. The van der Waals surface area contributed by atoms with Gasteiger partial charge in [-0.25, -0.2) is 4.98 Å². The molecule has 0 spiro atoms. The number of aryl methyl sites for hydroxylation is 3. The molecule has 1 amide bonds. The van der Waals surface area contributed by atoms with E-state index >= 15 is 0 Å². The summed E-state index contributed by atoms with van der Waals surface area (Å²) in [5.41, 5.74) is 6.33. The number of nitrogens with zero attached hydrogens (tertiary/aromatic N) is 2. The predicted molar refractivity (Wildman–Crippen MR) is 124 cm³/mol. The highest BCUT2D eigenvalue weighted by molar-refractivity contribution is 7.99. The van der Waals surface area contributed by atoms with Crippen LogP contribution in [0.15, 0.2) is 29.3 Å². The molecule has 1 unspecified atom stereocenters. The number of nitrogens with one attached hydrogen (secondary N) is 1. The van der Waals surface area contributed by atoms with Gasteiger partial charge in [0.25, 0.3) is 0 Å². The van der Waals surface area contributed by atoms with Crippen LogP contribution in [0.4, 0.5) is 5.69 Å². The van der Waals surface area contributed by atoms with Crippen molar-refractivity contribution < 1.29 is 4.79 Å². The Morgan fingerprint density at radius 1 is 1.30 bits per heavy atom. The Morgan fingerprint density at radius 3 is 2.73 bits per heavy atom.